The number of rotatable bonds is 4. The Labute approximate surface area is 165 Å². The van der Waals surface area contributed by atoms with Crippen molar-refractivity contribution in [3.63, 3.8) is 0 Å². The third-order valence-electron chi connectivity index (χ3n) is 4.50. The minimum Gasteiger partial charge on any atom is -0.465 e. The first-order valence-corrected chi connectivity index (χ1v) is 9.43. The van der Waals surface area contributed by atoms with Crippen LogP contribution in [-0.4, -0.2) is 14.3 Å². The summed E-state index contributed by atoms with van der Waals surface area (Å²) >= 11 is 1.33. The Bertz CT molecular complexity index is 1250. The third kappa shape index (κ3) is 3.00. The van der Waals surface area contributed by atoms with Gasteiger partial charge in [-0.15, -0.1) is 11.3 Å². The molecular formula is C21H16N4O2S. The molecule has 0 spiro atoms. The highest BCUT2D eigenvalue weighted by atomic mass is 32.1. The minimum atomic E-state index is -0.142. The molecule has 0 radical (unpaired) electrons. The lowest BCUT2D eigenvalue weighted by atomic mass is 10.2. The summed E-state index contributed by atoms with van der Waals surface area (Å²) in [6.45, 7) is 1.89. The van der Waals surface area contributed by atoms with Crippen LogP contribution < -0.4 is 5.56 Å². The van der Waals surface area contributed by atoms with Crippen LogP contribution >= 0.6 is 11.3 Å². The van der Waals surface area contributed by atoms with E-state index in [2.05, 4.69) is 11.1 Å². The molecule has 4 rings (SSSR count). The standard InChI is InChI=1S/C21H16N4O2S/c1-14-19(21(26)25(24(14)2)16-7-4-3-5-8-16)18-13-28-20(23-18)15(12-22)11-17-9-6-10-27-17/h3-11,13H,1-2H3/b15-11+. The van der Waals surface area contributed by atoms with Crippen LogP contribution in [0.2, 0.25) is 0 Å². The largest absolute Gasteiger partial charge is 0.465 e. The van der Waals surface area contributed by atoms with Gasteiger partial charge in [0.05, 0.1) is 28.8 Å². The lowest BCUT2D eigenvalue weighted by Gasteiger charge is -2.07. The fraction of sp³-hybridized carbons (Fsp3) is 0.0952. The van der Waals surface area contributed by atoms with Gasteiger partial charge in [-0.2, -0.15) is 5.26 Å². The Morgan fingerprint density at radius 2 is 2.04 bits per heavy atom. The van der Waals surface area contributed by atoms with Gasteiger partial charge in [0.1, 0.15) is 16.8 Å². The number of aromatic nitrogens is 3. The highest BCUT2D eigenvalue weighted by molar-refractivity contribution is 7.11. The molecule has 6 nitrogen and oxygen atoms in total. The Balaban J connectivity index is 1.80. The van der Waals surface area contributed by atoms with E-state index in [1.165, 1.54) is 11.3 Å². The van der Waals surface area contributed by atoms with Crippen molar-refractivity contribution in [1.82, 2.24) is 14.3 Å². The molecule has 0 saturated heterocycles. The summed E-state index contributed by atoms with van der Waals surface area (Å²) in [5.41, 5.74) is 2.94. The molecule has 0 fully saturated rings. The predicted octanol–water partition coefficient (Wildman–Crippen LogP) is 4.27. The van der Waals surface area contributed by atoms with Gasteiger partial charge in [-0.1, -0.05) is 18.2 Å². The zero-order valence-electron chi connectivity index (χ0n) is 15.3. The third-order valence-corrected chi connectivity index (χ3v) is 5.37. The summed E-state index contributed by atoms with van der Waals surface area (Å²) in [6.07, 6.45) is 3.19. The van der Waals surface area contributed by atoms with E-state index in [1.807, 2.05) is 54.4 Å². The molecular weight excluding hydrogens is 372 g/mol. The van der Waals surface area contributed by atoms with Gasteiger partial charge in [0.25, 0.3) is 5.56 Å². The van der Waals surface area contributed by atoms with Crippen LogP contribution in [0.3, 0.4) is 0 Å². The number of benzene rings is 1. The van der Waals surface area contributed by atoms with Gasteiger partial charge in [-0.25, -0.2) is 9.67 Å². The number of nitrogens with zero attached hydrogens (tertiary/aromatic N) is 4. The summed E-state index contributed by atoms with van der Waals surface area (Å²) in [7, 11) is 1.85. The monoisotopic (exact) mass is 388 g/mol. The molecule has 28 heavy (non-hydrogen) atoms. The fourth-order valence-electron chi connectivity index (χ4n) is 3.03. The van der Waals surface area contributed by atoms with Crippen molar-refractivity contribution >= 4 is 23.0 Å². The molecule has 3 aromatic heterocycles. The lowest BCUT2D eigenvalue weighted by molar-refractivity contribution is 0.557. The van der Waals surface area contributed by atoms with E-state index < -0.39 is 0 Å². The van der Waals surface area contributed by atoms with Gasteiger partial charge in [0.2, 0.25) is 0 Å². The van der Waals surface area contributed by atoms with Crippen LogP contribution in [0, 0.1) is 18.3 Å². The van der Waals surface area contributed by atoms with E-state index in [4.69, 9.17) is 4.42 Å². The van der Waals surface area contributed by atoms with E-state index in [9.17, 15) is 10.1 Å². The molecule has 0 aliphatic heterocycles. The van der Waals surface area contributed by atoms with Crippen LogP contribution in [-0.2, 0) is 7.05 Å². The summed E-state index contributed by atoms with van der Waals surface area (Å²) < 4.78 is 8.71. The molecule has 138 valence electrons. The number of hydrogen-bond donors (Lipinski definition) is 0. The molecule has 0 N–H and O–H groups in total. The van der Waals surface area contributed by atoms with Gasteiger partial charge in [0, 0.05) is 24.2 Å². The van der Waals surface area contributed by atoms with Crippen molar-refractivity contribution in [1.29, 1.82) is 5.26 Å². The van der Waals surface area contributed by atoms with Crippen LogP contribution in [0.1, 0.15) is 16.5 Å². The van der Waals surface area contributed by atoms with Gasteiger partial charge < -0.3 is 4.42 Å². The van der Waals surface area contributed by atoms with E-state index in [0.29, 0.717) is 27.6 Å². The first kappa shape index (κ1) is 17.8. The Morgan fingerprint density at radius 1 is 1.25 bits per heavy atom. The van der Waals surface area contributed by atoms with Crippen molar-refractivity contribution in [2.45, 2.75) is 6.92 Å². The highest BCUT2D eigenvalue weighted by Gasteiger charge is 2.20. The van der Waals surface area contributed by atoms with Crippen molar-refractivity contribution in [2.75, 3.05) is 0 Å². The van der Waals surface area contributed by atoms with Crippen LogP contribution in [0.25, 0.3) is 28.6 Å². The summed E-state index contributed by atoms with van der Waals surface area (Å²) in [5, 5.41) is 11.9. The lowest BCUT2D eigenvalue weighted by Crippen LogP contribution is -2.20. The maximum atomic E-state index is 13.1. The quantitative estimate of drug-likeness (QED) is 0.489. The molecule has 0 bridgehead atoms. The molecule has 0 saturated carbocycles. The molecule has 0 aliphatic carbocycles. The molecule has 0 unspecified atom stereocenters. The first-order chi connectivity index (χ1) is 13.6. The van der Waals surface area contributed by atoms with E-state index >= 15 is 0 Å². The topological polar surface area (TPSA) is 76.8 Å². The zero-order valence-corrected chi connectivity index (χ0v) is 16.1. The van der Waals surface area contributed by atoms with Crippen molar-refractivity contribution < 1.29 is 4.42 Å². The van der Waals surface area contributed by atoms with Gasteiger partial charge in [-0.05, 0) is 31.2 Å². The van der Waals surface area contributed by atoms with E-state index in [-0.39, 0.29) is 5.56 Å². The second-order valence-corrected chi connectivity index (χ2v) is 7.02. The molecule has 3 heterocycles. The fourth-order valence-corrected chi connectivity index (χ4v) is 3.81. The zero-order chi connectivity index (χ0) is 19.7. The molecule has 4 aromatic rings. The molecule has 0 atom stereocenters. The van der Waals surface area contributed by atoms with Crippen LogP contribution in [0.15, 0.2) is 63.3 Å². The van der Waals surface area contributed by atoms with Crippen LogP contribution in [0.4, 0.5) is 0 Å². The first-order valence-electron chi connectivity index (χ1n) is 8.55. The molecule has 7 heteroatoms. The summed E-state index contributed by atoms with van der Waals surface area (Å²) in [6, 6.07) is 15.1. The maximum absolute atomic E-state index is 13.1. The van der Waals surface area contributed by atoms with Crippen molar-refractivity contribution in [2.24, 2.45) is 7.05 Å². The Hall–Kier alpha value is -3.63. The average molecular weight is 388 g/mol. The van der Waals surface area contributed by atoms with E-state index in [0.717, 1.165) is 11.4 Å². The number of allylic oxidation sites excluding steroid dienone is 1. The molecule has 1 aromatic carbocycles. The Morgan fingerprint density at radius 3 is 2.71 bits per heavy atom. The van der Waals surface area contributed by atoms with Gasteiger partial charge in [-0.3, -0.25) is 9.48 Å². The summed E-state index contributed by atoms with van der Waals surface area (Å²) in [5.74, 6) is 0.579. The summed E-state index contributed by atoms with van der Waals surface area (Å²) in [4.78, 5) is 17.7. The van der Waals surface area contributed by atoms with Crippen molar-refractivity contribution in [3.05, 3.63) is 80.9 Å². The SMILES string of the molecule is Cc1c(-c2csc(/C(C#N)=C/c3ccco3)n2)c(=O)n(-c2ccccc2)n1C. The number of furan rings is 1. The number of hydrogen-bond acceptors (Lipinski definition) is 5. The highest BCUT2D eigenvalue weighted by Crippen LogP contribution is 2.28. The number of para-hydroxylation sites is 1. The van der Waals surface area contributed by atoms with Crippen LogP contribution in [0.5, 0.6) is 0 Å². The smallest absolute Gasteiger partial charge is 0.281 e. The minimum absolute atomic E-state index is 0.142. The Kier molecular flexibility index (Phi) is 4.55. The second-order valence-electron chi connectivity index (χ2n) is 6.16. The molecule has 0 aliphatic rings. The van der Waals surface area contributed by atoms with Gasteiger partial charge in [0.15, 0.2) is 0 Å². The average Bonchev–Trinajstić information content (AvgIpc) is 3.43. The number of nitriles is 1. The second kappa shape index (κ2) is 7.18. The number of thiazole rings is 1. The molecule has 0 amide bonds. The normalized spacial score (nSPS) is 11.5. The maximum Gasteiger partial charge on any atom is 0.281 e. The van der Waals surface area contributed by atoms with Crippen molar-refractivity contribution in [3.8, 4) is 23.0 Å². The van der Waals surface area contributed by atoms with E-state index in [1.54, 1.807) is 29.2 Å². The van der Waals surface area contributed by atoms with Gasteiger partial charge >= 0.3 is 0 Å². The predicted molar refractivity (Wildman–Crippen MR) is 109 cm³/mol.